The number of hydrogen-bond donors (Lipinski definition) is 2. The number of nitrogens with two attached hydrogens (primary N) is 2. The Bertz CT molecular complexity index is 478. The minimum Gasteiger partial charge on any atom is -0.399 e. The van der Waals surface area contributed by atoms with Crippen molar-refractivity contribution in [2.24, 2.45) is 11.7 Å². The highest BCUT2D eigenvalue weighted by molar-refractivity contribution is 6.31. The van der Waals surface area contributed by atoms with Gasteiger partial charge in [-0.05, 0) is 37.5 Å². The van der Waals surface area contributed by atoms with E-state index in [4.69, 9.17) is 23.1 Å². The summed E-state index contributed by atoms with van der Waals surface area (Å²) >= 11 is 6.20. The Morgan fingerprint density at radius 1 is 1.47 bits per heavy atom. The zero-order valence-electron chi connectivity index (χ0n) is 11.1. The molecular formula is C14H20ClN3O. The SMILES string of the molecule is CC1CCC(C(N)=O)CN1Cc1ccc(N)cc1Cl. The summed E-state index contributed by atoms with van der Waals surface area (Å²) < 4.78 is 0. The van der Waals surface area contributed by atoms with Gasteiger partial charge in [-0.1, -0.05) is 17.7 Å². The van der Waals surface area contributed by atoms with E-state index in [0.717, 1.165) is 24.9 Å². The molecule has 19 heavy (non-hydrogen) atoms. The lowest BCUT2D eigenvalue weighted by Gasteiger charge is -2.37. The van der Waals surface area contributed by atoms with Crippen molar-refractivity contribution in [1.29, 1.82) is 0 Å². The first kappa shape index (κ1) is 14.2. The van der Waals surface area contributed by atoms with E-state index in [9.17, 15) is 4.79 Å². The summed E-state index contributed by atoms with van der Waals surface area (Å²) in [5.74, 6) is -0.260. The maximum atomic E-state index is 11.3. The molecule has 0 bridgehead atoms. The van der Waals surface area contributed by atoms with Crippen molar-refractivity contribution in [2.75, 3.05) is 12.3 Å². The van der Waals surface area contributed by atoms with Crippen LogP contribution in [0, 0.1) is 5.92 Å². The molecule has 1 heterocycles. The largest absolute Gasteiger partial charge is 0.399 e. The molecule has 1 aliphatic heterocycles. The molecule has 0 saturated carbocycles. The molecule has 0 radical (unpaired) electrons. The molecule has 1 aromatic rings. The number of amides is 1. The number of halogens is 1. The molecule has 2 rings (SSSR count). The summed E-state index contributed by atoms with van der Waals surface area (Å²) in [7, 11) is 0. The van der Waals surface area contributed by atoms with Gasteiger partial charge in [-0.3, -0.25) is 9.69 Å². The molecule has 0 spiro atoms. The van der Waals surface area contributed by atoms with Crippen molar-refractivity contribution < 1.29 is 4.79 Å². The van der Waals surface area contributed by atoms with E-state index >= 15 is 0 Å². The fourth-order valence-corrected chi connectivity index (χ4v) is 2.79. The van der Waals surface area contributed by atoms with Crippen LogP contribution in [0.4, 0.5) is 5.69 Å². The van der Waals surface area contributed by atoms with E-state index in [1.165, 1.54) is 0 Å². The Kier molecular flexibility index (Phi) is 4.32. The minimum atomic E-state index is -0.208. The van der Waals surface area contributed by atoms with Crippen LogP contribution >= 0.6 is 11.6 Å². The molecule has 1 fully saturated rings. The van der Waals surface area contributed by atoms with Crippen LogP contribution in [0.25, 0.3) is 0 Å². The van der Waals surface area contributed by atoms with Crippen LogP contribution in [0.5, 0.6) is 0 Å². The first-order valence-corrected chi connectivity index (χ1v) is 6.92. The average Bonchev–Trinajstić information content (AvgIpc) is 2.34. The molecule has 104 valence electrons. The van der Waals surface area contributed by atoms with Crippen molar-refractivity contribution >= 4 is 23.2 Å². The summed E-state index contributed by atoms with van der Waals surface area (Å²) in [6.07, 6.45) is 1.86. The molecule has 1 amide bonds. The Morgan fingerprint density at radius 3 is 2.84 bits per heavy atom. The zero-order valence-corrected chi connectivity index (χ0v) is 11.9. The van der Waals surface area contributed by atoms with Crippen LogP contribution in [-0.4, -0.2) is 23.4 Å². The number of carbonyl (C=O) groups is 1. The number of nitrogen functional groups attached to an aromatic ring is 1. The summed E-state index contributed by atoms with van der Waals surface area (Å²) in [5.41, 5.74) is 12.8. The van der Waals surface area contributed by atoms with Gasteiger partial charge in [0.1, 0.15) is 0 Å². The number of primary amides is 1. The third-order valence-electron chi connectivity index (χ3n) is 3.86. The van der Waals surface area contributed by atoms with Gasteiger partial charge in [-0.25, -0.2) is 0 Å². The first-order chi connectivity index (χ1) is 8.97. The lowest BCUT2D eigenvalue weighted by molar-refractivity contribution is -0.124. The van der Waals surface area contributed by atoms with Gasteiger partial charge in [0.05, 0.1) is 5.92 Å². The topological polar surface area (TPSA) is 72.4 Å². The van der Waals surface area contributed by atoms with Gasteiger partial charge in [0.2, 0.25) is 5.91 Å². The predicted octanol–water partition coefficient (Wildman–Crippen LogP) is 2.01. The minimum absolute atomic E-state index is 0.0521. The van der Waals surface area contributed by atoms with Crippen molar-refractivity contribution in [1.82, 2.24) is 4.90 Å². The number of nitrogens with zero attached hydrogens (tertiary/aromatic N) is 1. The third kappa shape index (κ3) is 3.39. The number of piperidine rings is 1. The smallest absolute Gasteiger partial charge is 0.221 e. The quantitative estimate of drug-likeness (QED) is 0.833. The average molecular weight is 282 g/mol. The zero-order chi connectivity index (χ0) is 14.0. The number of hydrogen-bond acceptors (Lipinski definition) is 3. The van der Waals surface area contributed by atoms with Gasteiger partial charge < -0.3 is 11.5 Å². The molecule has 5 heteroatoms. The van der Waals surface area contributed by atoms with Crippen molar-refractivity contribution in [2.45, 2.75) is 32.4 Å². The van der Waals surface area contributed by atoms with Crippen LogP contribution < -0.4 is 11.5 Å². The Labute approximate surface area is 118 Å². The second kappa shape index (κ2) is 5.80. The summed E-state index contributed by atoms with van der Waals surface area (Å²) in [5, 5.41) is 0.674. The molecule has 2 unspecified atom stereocenters. The maximum absolute atomic E-state index is 11.3. The molecule has 4 N–H and O–H groups in total. The predicted molar refractivity (Wildman–Crippen MR) is 77.7 cm³/mol. The van der Waals surface area contributed by atoms with Crippen LogP contribution in [0.3, 0.4) is 0 Å². The standard InChI is InChI=1S/C14H20ClN3O/c1-9-2-3-11(14(17)19)8-18(9)7-10-4-5-12(16)6-13(10)15/h4-6,9,11H,2-3,7-8,16H2,1H3,(H2,17,19). The van der Waals surface area contributed by atoms with Gasteiger partial charge in [-0.15, -0.1) is 0 Å². The van der Waals surface area contributed by atoms with Crippen molar-refractivity contribution in [3.05, 3.63) is 28.8 Å². The van der Waals surface area contributed by atoms with E-state index in [2.05, 4.69) is 11.8 Å². The van der Waals surface area contributed by atoms with E-state index < -0.39 is 0 Å². The monoisotopic (exact) mass is 281 g/mol. The molecule has 4 nitrogen and oxygen atoms in total. The van der Waals surface area contributed by atoms with Crippen LogP contribution in [0.15, 0.2) is 18.2 Å². The highest BCUT2D eigenvalue weighted by Gasteiger charge is 2.28. The number of rotatable bonds is 3. The second-order valence-corrected chi connectivity index (χ2v) is 5.71. The van der Waals surface area contributed by atoms with E-state index in [-0.39, 0.29) is 11.8 Å². The Hall–Kier alpha value is -1.26. The molecule has 0 aromatic heterocycles. The van der Waals surface area contributed by atoms with E-state index in [0.29, 0.717) is 23.3 Å². The third-order valence-corrected chi connectivity index (χ3v) is 4.22. The van der Waals surface area contributed by atoms with Crippen LogP contribution in [0.2, 0.25) is 5.02 Å². The van der Waals surface area contributed by atoms with Crippen molar-refractivity contribution in [3.8, 4) is 0 Å². The molecular weight excluding hydrogens is 262 g/mol. The summed E-state index contributed by atoms with van der Waals surface area (Å²) in [6, 6.07) is 5.99. The first-order valence-electron chi connectivity index (χ1n) is 6.54. The number of carbonyl (C=O) groups excluding carboxylic acids is 1. The van der Waals surface area contributed by atoms with Gasteiger partial charge in [-0.2, -0.15) is 0 Å². The molecule has 1 aliphatic rings. The van der Waals surface area contributed by atoms with Crippen LogP contribution in [0.1, 0.15) is 25.3 Å². The highest BCUT2D eigenvalue weighted by Crippen LogP contribution is 2.26. The van der Waals surface area contributed by atoms with Crippen LogP contribution in [-0.2, 0) is 11.3 Å². The normalized spacial score (nSPS) is 24.3. The fourth-order valence-electron chi connectivity index (χ4n) is 2.54. The van der Waals surface area contributed by atoms with Crippen molar-refractivity contribution in [3.63, 3.8) is 0 Å². The van der Waals surface area contributed by atoms with Gasteiger partial charge >= 0.3 is 0 Å². The molecule has 0 aliphatic carbocycles. The van der Waals surface area contributed by atoms with Gasteiger partial charge in [0.15, 0.2) is 0 Å². The highest BCUT2D eigenvalue weighted by atomic mass is 35.5. The molecule has 1 saturated heterocycles. The van der Waals surface area contributed by atoms with E-state index in [1.54, 1.807) is 6.07 Å². The van der Waals surface area contributed by atoms with E-state index in [1.807, 2.05) is 12.1 Å². The lowest BCUT2D eigenvalue weighted by atomic mass is 9.92. The maximum Gasteiger partial charge on any atom is 0.221 e. The summed E-state index contributed by atoms with van der Waals surface area (Å²) in [6.45, 7) is 3.60. The van der Waals surface area contributed by atoms with Gasteiger partial charge in [0, 0.05) is 29.8 Å². The Morgan fingerprint density at radius 2 is 2.21 bits per heavy atom. The number of likely N-dealkylation sites (tertiary alicyclic amines) is 1. The summed E-state index contributed by atoms with van der Waals surface area (Å²) in [4.78, 5) is 13.6. The Balaban J connectivity index is 2.09. The molecule has 2 atom stereocenters. The number of benzene rings is 1. The number of anilines is 1. The fraction of sp³-hybridized carbons (Fsp3) is 0.500. The second-order valence-electron chi connectivity index (χ2n) is 5.31. The van der Waals surface area contributed by atoms with Gasteiger partial charge in [0.25, 0.3) is 0 Å². The molecule has 1 aromatic carbocycles. The lowest BCUT2D eigenvalue weighted by Crippen LogP contribution is -2.45.